The zero-order valence-corrected chi connectivity index (χ0v) is 18.1. The first-order valence-electron chi connectivity index (χ1n) is 9.45. The monoisotopic (exact) mass is 444 g/mol. The Bertz CT molecular complexity index is 690. The number of nitrogens with one attached hydrogen (secondary N) is 2. The van der Waals surface area contributed by atoms with Crippen LogP contribution in [0.4, 0.5) is 0 Å². The predicted molar refractivity (Wildman–Crippen MR) is 108 cm³/mol. The molecule has 1 aliphatic rings. The smallest absolute Gasteiger partial charge is 0.331 e. The molecule has 0 spiro atoms. The summed E-state index contributed by atoms with van der Waals surface area (Å²) in [4.78, 5) is 60.0. The molecule has 0 aromatic carbocycles. The summed E-state index contributed by atoms with van der Waals surface area (Å²) in [7, 11) is 0. The molecule has 10 nitrogen and oxygen atoms in total. The average molecular weight is 445 g/mol. The van der Waals surface area contributed by atoms with E-state index in [1.165, 1.54) is 6.92 Å². The van der Waals surface area contributed by atoms with Gasteiger partial charge in [0.2, 0.25) is 11.0 Å². The third-order valence-corrected chi connectivity index (χ3v) is 4.75. The van der Waals surface area contributed by atoms with Gasteiger partial charge in [0.1, 0.15) is 6.61 Å². The van der Waals surface area contributed by atoms with Crippen LogP contribution in [0.25, 0.3) is 0 Å². The molecule has 168 valence electrons. The summed E-state index contributed by atoms with van der Waals surface area (Å²) >= 11 is 0.926. The van der Waals surface area contributed by atoms with Crippen LogP contribution in [0.5, 0.6) is 0 Å². The normalized spacial score (nSPS) is 21.9. The molecule has 2 atom stereocenters. The van der Waals surface area contributed by atoms with Gasteiger partial charge in [-0.15, -0.1) is 0 Å². The molecule has 0 bridgehead atoms. The number of cyclic esters (lactones) is 1. The third kappa shape index (κ3) is 9.88. The molecule has 0 saturated heterocycles. The largest absolute Gasteiger partial charge is 0.465 e. The molecular formula is C19H28N2O8S. The van der Waals surface area contributed by atoms with Crippen molar-refractivity contribution in [3.63, 3.8) is 0 Å². The Morgan fingerprint density at radius 1 is 1.27 bits per heavy atom. The summed E-state index contributed by atoms with van der Waals surface area (Å²) in [6.45, 7) is 4.58. The zero-order valence-electron chi connectivity index (χ0n) is 17.3. The van der Waals surface area contributed by atoms with Crippen molar-refractivity contribution in [2.75, 3.05) is 25.4 Å². The topological polar surface area (TPSA) is 148 Å². The summed E-state index contributed by atoms with van der Waals surface area (Å²) in [5.41, 5.74) is -1.13. The zero-order chi connectivity index (χ0) is 22.7. The van der Waals surface area contributed by atoms with Gasteiger partial charge >= 0.3 is 11.9 Å². The summed E-state index contributed by atoms with van der Waals surface area (Å²) in [5, 5.41) is 14.0. The fourth-order valence-corrected chi connectivity index (χ4v) is 2.94. The van der Waals surface area contributed by atoms with Gasteiger partial charge in [0.15, 0.2) is 6.10 Å². The van der Waals surface area contributed by atoms with Crippen molar-refractivity contribution in [2.45, 2.75) is 45.8 Å². The fraction of sp³-hybridized carbons (Fsp3) is 0.632. The van der Waals surface area contributed by atoms with Crippen LogP contribution in [0, 0.1) is 5.41 Å². The molecule has 30 heavy (non-hydrogen) atoms. The number of aliphatic hydroxyl groups is 1. The highest BCUT2D eigenvalue weighted by atomic mass is 32.2. The number of hydrogen-bond donors (Lipinski definition) is 3. The highest BCUT2D eigenvalue weighted by Gasteiger charge is 2.39. The van der Waals surface area contributed by atoms with E-state index in [2.05, 4.69) is 10.6 Å². The van der Waals surface area contributed by atoms with Crippen LogP contribution in [-0.4, -0.2) is 71.6 Å². The Kier molecular flexibility index (Phi) is 10.5. The minimum absolute atomic E-state index is 0.00702. The Morgan fingerprint density at radius 3 is 2.63 bits per heavy atom. The van der Waals surface area contributed by atoms with E-state index in [1.807, 2.05) is 0 Å². The number of esters is 2. The maximum absolute atomic E-state index is 12.6. The first kappa shape index (κ1) is 25.6. The summed E-state index contributed by atoms with van der Waals surface area (Å²) in [5.74, 6) is -2.20. The highest BCUT2D eigenvalue weighted by molar-refractivity contribution is 8.14. The minimum atomic E-state index is -1.36. The number of ether oxygens (including phenoxy) is 2. The molecule has 0 aliphatic carbocycles. The summed E-state index contributed by atoms with van der Waals surface area (Å²) in [6, 6.07) is 0. The number of amides is 2. The third-order valence-electron chi connectivity index (χ3n) is 3.92. The van der Waals surface area contributed by atoms with E-state index in [1.54, 1.807) is 13.8 Å². The van der Waals surface area contributed by atoms with Crippen molar-refractivity contribution in [1.82, 2.24) is 10.6 Å². The van der Waals surface area contributed by atoms with Gasteiger partial charge in [0.25, 0.3) is 5.91 Å². The van der Waals surface area contributed by atoms with Gasteiger partial charge in [-0.2, -0.15) is 0 Å². The Hall–Kier alpha value is -2.40. The number of rotatable bonds is 5. The number of carbonyl (C=O) groups is 5. The fourth-order valence-electron chi connectivity index (χ4n) is 2.37. The van der Waals surface area contributed by atoms with Crippen LogP contribution in [0.1, 0.15) is 33.6 Å². The maximum Gasteiger partial charge on any atom is 0.331 e. The van der Waals surface area contributed by atoms with E-state index in [4.69, 9.17) is 9.47 Å². The molecule has 0 aromatic heterocycles. The van der Waals surface area contributed by atoms with Gasteiger partial charge < -0.3 is 25.2 Å². The van der Waals surface area contributed by atoms with Gasteiger partial charge in [0.05, 0.1) is 12.5 Å². The van der Waals surface area contributed by atoms with Crippen LogP contribution in [-0.2, 0) is 33.4 Å². The first-order valence-corrected chi connectivity index (χ1v) is 10.4. The van der Waals surface area contributed by atoms with E-state index in [0.717, 1.165) is 23.9 Å². The predicted octanol–water partition coefficient (Wildman–Crippen LogP) is -0.309. The highest BCUT2D eigenvalue weighted by Crippen LogP contribution is 2.25. The molecular weight excluding hydrogens is 416 g/mol. The van der Waals surface area contributed by atoms with Crippen molar-refractivity contribution in [3.05, 3.63) is 12.2 Å². The molecule has 1 aliphatic heterocycles. The van der Waals surface area contributed by atoms with Crippen LogP contribution in [0.15, 0.2) is 12.2 Å². The molecule has 0 fully saturated rings. The first-order chi connectivity index (χ1) is 14.0. The molecule has 0 saturated carbocycles. The standard InChI is InChI=1S/C19H28N2O8S/c1-12(22)10-15(25)28-11-19(2,3)17-18(27)21-7-6-13(23)20-8-9-30-16(26)5-4-14(24)29-17/h4-5,12,17,22H,6-11H2,1-3H3,(H,20,23)(H,21,27)/b5-4+/t12-,17+/m1/s1. The quantitative estimate of drug-likeness (QED) is 0.486. The molecule has 1 heterocycles. The van der Waals surface area contributed by atoms with Crippen LogP contribution < -0.4 is 10.6 Å². The molecule has 11 heteroatoms. The number of carbonyl (C=O) groups excluding carboxylic acids is 5. The van der Waals surface area contributed by atoms with E-state index in [0.29, 0.717) is 5.75 Å². The Morgan fingerprint density at radius 2 is 1.97 bits per heavy atom. The van der Waals surface area contributed by atoms with Crippen molar-refractivity contribution in [3.8, 4) is 0 Å². The van der Waals surface area contributed by atoms with E-state index in [-0.39, 0.29) is 38.4 Å². The Balaban J connectivity index is 2.95. The number of hydrogen-bond acceptors (Lipinski definition) is 9. The van der Waals surface area contributed by atoms with Crippen molar-refractivity contribution < 1.29 is 38.6 Å². The molecule has 0 radical (unpaired) electrons. The second-order valence-electron chi connectivity index (χ2n) is 7.41. The second-order valence-corrected chi connectivity index (χ2v) is 8.51. The number of thioether (sulfide) groups is 1. The van der Waals surface area contributed by atoms with E-state index in [9.17, 15) is 29.1 Å². The number of aliphatic hydroxyl groups excluding tert-OH is 1. The van der Waals surface area contributed by atoms with Gasteiger partial charge in [-0.05, 0) is 13.0 Å². The lowest BCUT2D eigenvalue weighted by Gasteiger charge is -2.32. The van der Waals surface area contributed by atoms with Gasteiger partial charge in [-0.3, -0.25) is 19.2 Å². The lowest BCUT2D eigenvalue weighted by atomic mass is 9.86. The summed E-state index contributed by atoms with van der Waals surface area (Å²) in [6.07, 6.45) is -0.503. The minimum Gasteiger partial charge on any atom is -0.465 e. The maximum atomic E-state index is 12.6. The van der Waals surface area contributed by atoms with E-state index >= 15 is 0 Å². The van der Waals surface area contributed by atoms with Crippen molar-refractivity contribution in [1.29, 1.82) is 0 Å². The van der Waals surface area contributed by atoms with Crippen LogP contribution in [0.2, 0.25) is 0 Å². The van der Waals surface area contributed by atoms with Gasteiger partial charge in [-0.1, -0.05) is 25.6 Å². The van der Waals surface area contributed by atoms with Crippen molar-refractivity contribution in [2.24, 2.45) is 5.41 Å². The van der Waals surface area contributed by atoms with Gasteiger partial charge in [0, 0.05) is 36.8 Å². The molecule has 0 unspecified atom stereocenters. The van der Waals surface area contributed by atoms with Gasteiger partial charge in [-0.25, -0.2) is 4.79 Å². The SMILES string of the molecule is C[C@@H](O)CC(=O)OCC(C)(C)[C@H]1OC(=O)/C=C/C(=O)SCCNC(=O)CCNC1=O. The lowest BCUT2D eigenvalue weighted by molar-refractivity contribution is -0.166. The van der Waals surface area contributed by atoms with E-state index < -0.39 is 40.6 Å². The second kappa shape index (κ2) is 12.3. The van der Waals surface area contributed by atoms with Crippen LogP contribution in [0.3, 0.4) is 0 Å². The summed E-state index contributed by atoms with van der Waals surface area (Å²) < 4.78 is 10.4. The average Bonchev–Trinajstić information content (AvgIpc) is 2.65. The molecule has 0 aromatic rings. The Labute approximate surface area is 179 Å². The van der Waals surface area contributed by atoms with Crippen LogP contribution >= 0.6 is 11.8 Å². The molecule has 3 N–H and O–H groups in total. The lowest BCUT2D eigenvalue weighted by Crippen LogP contribution is -2.49. The molecule has 2 amide bonds. The molecule has 1 rings (SSSR count). The van der Waals surface area contributed by atoms with Crippen molar-refractivity contribution >= 4 is 40.6 Å².